The normalized spacial score (nSPS) is 10.6. The maximum absolute atomic E-state index is 12.1. The first-order valence-corrected chi connectivity index (χ1v) is 7.36. The van der Waals surface area contributed by atoms with Crippen LogP contribution in [0.4, 0.5) is 5.13 Å². The molecule has 0 bridgehead atoms. The van der Waals surface area contributed by atoms with E-state index in [1.54, 1.807) is 5.51 Å². The van der Waals surface area contributed by atoms with E-state index < -0.39 is 0 Å². The number of nitrogens with zero attached hydrogens (tertiary/aromatic N) is 3. The fraction of sp³-hybridized carbons (Fsp3) is 0.133. The highest BCUT2D eigenvalue weighted by atomic mass is 32.1. The molecule has 1 aromatic carbocycles. The van der Waals surface area contributed by atoms with Gasteiger partial charge in [-0.2, -0.15) is 0 Å². The zero-order chi connectivity index (χ0) is 14.8. The predicted molar refractivity (Wildman–Crippen MR) is 83.1 cm³/mol. The van der Waals surface area contributed by atoms with E-state index in [-0.39, 0.29) is 5.91 Å². The molecule has 0 aliphatic heterocycles. The lowest BCUT2D eigenvalue weighted by Crippen LogP contribution is -2.11. The Balaban J connectivity index is 1.83. The number of benzene rings is 1. The van der Waals surface area contributed by atoms with Crippen molar-refractivity contribution in [2.75, 3.05) is 5.32 Å². The summed E-state index contributed by atoms with van der Waals surface area (Å²) in [4.78, 5) is 12.1. The van der Waals surface area contributed by atoms with E-state index in [1.165, 1.54) is 22.7 Å². The van der Waals surface area contributed by atoms with Crippen LogP contribution in [0.3, 0.4) is 0 Å². The number of carbonyl (C=O) groups is 1. The van der Waals surface area contributed by atoms with Gasteiger partial charge in [-0.05, 0) is 50.2 Å². The Hall–Kier alpha value is -2.47. The number of carbonyl (C=O) groups excluding carboxylic acids is 1. The molecule has 0 aliphatic rings. The number of aromatic nitrogens is 3. The van der Waals surface area contributed by atoms with Gasteiger partial charge in [0.1, 0.15) is 5.51 Å². The van der Waals surface area contributed by atoms with Gasteiger partial charge in [-0.3, -0.25) is 10.1 Å². The maximum Gasteiger partial charge on any atom is 0.257 e. The van der Waals surface area contributed by atoms with Crippen molar-refractivity contribution in [2.45, 2.75) is 13.8 Å². The van der Waals surface area contributed by atoms with Gasteiger partial charge in [0, 0.05) is 22.6 Å². The van der Waals surface area contributed by atoms with Crippen LogP contribution in [-0.4, -0.2) is 20.7 Å². The number of anilines is 1. The molecule has 1 amide bonds. The van der Waals surface area contributed by atoms with Crippen molar-refractivity contribution in [3.63, 3.8) is 0 Å². The van der Waals surface area contributed by atoms with Crippen molar-refractivity contribution in [3.8, 4) is 5.69 Å². The molecule has 0 saturated heterocycles. The third kappa shape index (κ3) is 2.71. The number of amides is 1. The highest BCUT2D eigenvalue weighted by molar-refractivity contribution is 7.13. The van der Waals surface area contributed by atoms with Crippen molar-refractivity contribution >= 4 is 22.4 Å². The number of nitrogens with one attached hydrogen (secondary N) is 1. The minimum Gasteiger partial charge on any atom is -0.319 e. The van der Waals surface area contributed by atoms with E-state index in [1.807, 2.05) is 24.3 Å². The molecular formula is C15H14N4OS. The Labute approximate surface area is 126 Å². The Morgan fingerprint density at radius 2 is 1.76 bits per heavy atom. The molecule has 106 valence electrons. The quantitative estimate of drug-likeness (QED) is 0.807. The summed E-state index contributed by atoms with van der Waals surface area (Å²) in [5, 5.41) is 10.7. The van der Waals surface area contributed by atoms with Gasteiger partial charge in [0.05, 0.1) is 0 Å². The molecule has 21 heavy (non-hydrogen) atoms. The van der Waals surface area contributed by atoms with E-state index >= 15 is 0 Å². The maximum atomic E-state index is 12.1. The minimum absolute atomic E-state index is 0.181. The largest absolute Gasteiger partial charge is 0.319 e. The van der Waals surface area contributed by atoms with Gasteiger partial charge in [-0.1, -0.05) is 11.3 Å². The van der Waals surface area contributed by atoms with Crippen molar-refractivity contribution in [2.24, 2.45) is 0 Å². The molecule has 6 heteroatoms. The summed E-state index contributed by atoms with van der Waals surface area (Å²) in [5.74, 6) is -0.181. The highest BCUT2D eigenvalue weighted by Crippen LogP contribution is 2.17. The summed E-state index contributed by atoms with van der Waals surface area (Å²) in [6, 6.07) is 11.6. The third-order valence-corrected chi connectivity index (χ3v) is 3.85. The molecule has 0 unspecified atom stereocenters. The summed E-state index contributed by atoms with van der Waals surface area (Å²) in [6.07, 6.45) is 0. The molecule has 2 heterocycles. The van der Waals surface area contributed by atoms with E-state index in [9.17, 15) is 4.79 Å². The number of rotatable bonds is 3. The minimum atomic E-state index is -0.181. The van der Waals surface area contributed by atoms with Crippen LogP contribution in [0.25, 0.3) is 5.69 Å². The lowest BCUT2D eigenvalue weighted by atomic mass is 10.2. The van der Waals surface area contributed by atoms with Gasteiger partial charge in [0.25, 0.3) is 5.91 Å². The van der Waals surface area contributed by atoms with Crippen LogP contribution in [0.2, 0.25) is 0 Å². The van der Waals surface area contributed by atoms with Gasteiger partial charge in [-0.25, -0.2) is 0 Å². The molecule has 0 fully saturated rings. The predicted octanol–water partition coefficient (Wildman–Crippen LogP) is 3.20. The Kier molecular flexibility index (Phi) is 3.53. The first kappa shape index (κ1) is 13.5. The van der Waals surface area contributed by atoms with Crippen LogP contribution in [0.15, 0.2) is 41.9 Å². The summed E-state index contributed by atoms with van der Waals surface area (Å²) in [5.41, 5.74) is 5.55. The summed E-state index contributed by atoms with van der Waals surface area (Å²) in [7, 11) is 0. The van der Waals surface area contributed by atoms with E-state index in [0.29, 0.717) is 10.7 Å². The molecule has 3 aromatic rings. The van der Waals surface area contributed by atoms with Crippen molar-refractivity contribution in [3.05, 3.63) is 58.9 Å². The van der Waals surface area contributed by atoms with Crippen LogP contribution in [0.1, 0.15) is 21.7 Å². The molecule has 0 radical (unpaired) electrons. The molecule has 2 aromatic heterocycles. The molecule has 0 saturated carbocycles. The van der Waals surface area contributed by atoms with Gasteiger partial charge in [0.15, 0.2) is 0 Å². The average Bonchev–Trinajstić information content (AvgIpc) is 3.09. The zero-order valence-corrected chi connectivity index (χ0v) is 12.5. The van der Waals surface area contributed by atoms with Gasteiger partial charge in [0.2, 0.25) is 5.13 Å². The Bertz CT molecular complexity index is 740. The average molecular weight is 298 g/mol. The summed E-state index contributed by atoms with van der Waals surface area (Å²) >= 11 is 1.29. The fourth-order valence-corrected chi connectivity index (χ4v) is 2.67. The van der Waals surface area contributed by atoms with Crippen molar-refractivity contribution < 1.29 is 4.79 Å². The lowest BCUT2D eigenvalue weighted by molar-refractivity contribution is 0.102. The molecular weight excluding hydrogens is 284 g/mol. The zero-order valence-electron chi connectivity index (χ0n) is 11.7. The van der Waals surface area contributed by atoms with E-state index in [4.69, 9.17) is 0 Å². The second-order valence-corrected chi connectivity index (χ2v) is 5.53. The van der Waals surface area contributed by atoms with E-state index in [2.05, 4.69) is 46.1 Å². The monoisotopic (exact) mass is 298 g/mol. The van der Waals surface area contributed by atoms with Gasteiger partial charge in [-0.15, -0.1) is 10.2 Å². The van der Waals surface area contributed by atoms with Crippen LogP contribution < -0.4 is 5.32 Å². The Morgan fingerprint density at radius 1 is 1.10 bits per heavy atom. The number of hydrogen-bond donors (Lipinski definition) is 1. The standard InChI is InChI=1S/C15H14N4OS/c1-10-3-4-11(2)19(10)13-7-5-12(6-8-13)14(20)17-15-18-16-9-21-15/h3-9H,1-2H3,(H,17,18,20). The second kappa shape index (κ2) is 5.49. The molecule has 0 aliphatic carbocycles. The number of aryl methyl sites for hydroxylation is 2. The topological polar surface area (TPSA) is 59.8 Å². The van der Waals surface area contributed by atoms with Gasteiger partial charge < -0.3 is 4.57 Å². The molecule has 3 rings (SSSR count). The molecule has 0 spiro atoms. The van der Waals surface area contributed by atoms with Gasteiger partial charge >= 0.3 is 0 Å². The Morgan fingerprint density at radius 3 is 2.33 bits per heavy atom. The lowest BCUT2D eigenvalue weighted by Gasteiger charge is -2.10. The van der Waals surface area contributed by atoms with Crippen LogP contribution in [0.5, 0.6) is 0 Å². The van der Waals surface area contributed by atoms with Crippen LogP contribution >= 0.6 is 11.3 Å². The fourth-order valence-electron chi connectivity index (χ4n) is 2.23. The summed E-state index contributed by atoms with van der Waals surface area (Å²) < 4.78 is 2.15. The first-order valence-electron chi connectivity index (χ1n) is 6.48. The highest BCUT2D eigenvalue weighted by Gasteiger charge is 2.09. The molecule has 5 nitrogen and oxygen atoms in total. The second-order valence-electron chi connectivity index (χ2n) is 4.70. The SMILES string of the molecule is Cc1ccc(C)n1-c1ccc(C(=O)Nc2nncs2)cc1. The first-order chi connectivity index (χ1) is 10.1. The van der Waals surface area contributed by atoms with Crippen LogP contribution in [0, 0.1) is 13.8 Å². The van der Waals surface area contributed by atoms with E-state index in [0.717, 1.165) is 5.69 Å². The smallest absolute Gasteiger partial charge is 0.257 e. The molecule has 0 atom stereocenters. The number of hydrogen-bond acceptors (Lipinski definition) is 4. The van der Waals surface area contributed by atoms with Crippen molar-refractivity contribution in [1.82, 2.24) is 14.8 Å². The molecule has 1 N–H and O–H groups in total. The summed E-state index contributed by atoms with van der Waals surface area (Å²) in [6.45, 7) is 4.12. The van der Waals surface area contributed by atoms with Crippen LogP contribution in [-0.2, 0) is 0 Å². The van der Waals surface area contributed by atoms with Crippen molar-refractivity contribution in [1.29, 1.82) is 0 Å². The third-order valence-electron chi connectivity index (χ3n) is 3.24.